The zero-order valence-electron chi connectivity index (χ0n) is 16.5. The van der Waals surface area contributed by atoms with Gasteiger partial charge in [0.2, 0.25) is 10.0 Å². The van der Waals surface area contributed by atoms with E-state index in [1.165, 1.54) is 0 Å². The van der Waals surface area contributed by atoms with Crippen LogP contribution in [0.5, 0.6) is 0 Å². The molecule has 1 aromatic carbocycles. The minimum Gasteiger partial charge on any atom is -0.382 e. The first-order valence-corrected chi connectivity index (χ1v) is 11.5. The molecule has 2 heterocycles. The molecule has 1 unspecified atom stereocenters. The maximum absolute atomic E-state index is 12.6. The molecule has 158 valence electrons. The van der Waals surface area contributed by atoms with E-state index in [0.29, 0.717) is 13.1 Å². The van der Waals surface area contributed by atoms with Crippen LogP contribution in [0.3, 0.4) is 0 Å². The second-order valence-electron chi connectivity index (χ2n) is 8.61. The zero-order chi connectivity index (χ0) is 20.5. The highest BCUT2D eigenvalue weighted by Gasteiger charge is 2.42. The van der Waals surface area contributed by atoms with Gasteiger partial charge >= 0.3 is 0 Å². The van der Waals surface area contributed by atoms with Gasteiger partial charge in [-0.25, -0.2) is 21.5 Å². The molecule has 0 bridgehead atoms. The molecular formula is C20H30F2N2O3S. The van der Waals surface area contributed by atoms with Gasteiger partial charge in [0.1, 0.15) is 6.10 Å². The average molecular weight is 417 g/mol. The number of alkyl halides is 2. The molecule has 28 heavy (non-hydrogen) atoms. The van der Waals surface area contributed by atoms with E-state index in [1.54, 1.807) is 28.6 Å². The second kappa shape index (κ2) is 8.24. The molecule has 0 radical (unpaired) electrons. The highest BCUT2D eigenvalue weighted by molar-refractivity contribution is 7.89. The van der Waals surface area contributed by atoms with Gasteiger partial charge in [-0.05, 0) is 48.3 Å². The molecule has 0 amide bonds. The van der Waals surface area contributed by atoms with E-state index < -0.39 is 22.6 Å². The quantitative estimate of drug-likeness (QED) is 0.773. The molecule has 1 N–H and O–H groups in total. The lowest BCUT2D eigenvalue weighted by Gasteiger charge is -2.39. The Hall–Kier alpha value is -1.25. The van der Waals surface area contributed by atoms with Gasteiger partial charge in [-0.3, -0.25) is 0 Å². The maximum atomic E-state index is 12.6. The fourth-order valence-electron chi connectivity index (χ4n) is 4.36. The fraction of sp³-hybridized carbons (Fsp3) is 0.700. The Morgan fingerprint density at radius 3 is 2.18 bits per heavy atom. The second-order valence-corrected chi connectivity index (χ2v) is 10.6. The summed E-state index contributed by atoms with van der Waals surface area (Å²) in [4.78, 5) is 2.23. The van der Waals surface area contributed by atoms with Crippen LogP contribution in [0.25, 0.3) is 0 Å². The van der Waals surface area contributed by atoms with Crippen LogP contribution in [0, 0.1) is 11.3 Å². The summed E-state index contributed by atoms with van der Waals surface area (Å²) in [6.45, 7) is 6.70. The van der Waals surface area contributed by atoms with Crippen molar-refractivity contribution < 1.29 is 22.3 Å². The summed E-state index contributed by atoms with van der Waals surface area (Å²) in [5.41, 5.74) is 1.29. The van der Waals surface area contributed by atoms with Crippen molar-refractivity contribution in [3.63, 3.8) is 0 Å². The van der Waals surface area contributed by atoms with E-state index in [2.05, 4.69) is 4.90 Å². The number of rotatable bonds is 6. The molecule has 5 nitrogen and oxygen atoms in total. The Morgan fingerprint density at radius 2 is 1.64 bits per heavy atom. The van der Waals surface area contributed by atoms with E-state index in [0.717, 1.165) is 38.0 Å². The van der Waals surface area contributed by atoms with E-state index in [4.69, 9.17) is 0 Å². The molecule has 0 aliphatic carbocycles. The van der Waals surface area contributed by atoms with Crippen molar-refractivity contribution >= 4 is 15.7 Å². The van der Waals surface area contributed by atoms with Crippen LogP contribution in [-0.2, 0) is 10.0 Å². The number of aliphatic hydroxyl groups is 1. The first-order valence-electron chi connectivity index (χ1n) is 9.91. The number of nitrogens with zero attached hydrogens (tertiary/aromatic N) is 2. The van der Waals surface area contributed by atoms with Gasteiger partial charge in [0.25, 0.3) is 6.43 Å². The van der Waals surface area contributed by atoms with Crippen LogP contribution < -0.4 is 4.90 Å². The average Bonchev–Trinajstić information content (AvgIpc) is 3.04. The normalized spacial score (nSPS) is 21.8. The van der Waals surface area contributed by atoms with Crippen molar-refractivity contribution in [3.8, 4) is 0 Å². The minimum atomic E-state index is -3.18. The largest absolute Gasteiger partial charge is 0.382 e. The Bertz CT molecular complexity index is 760. The van der Waals surface area contributed by atoms with Gasteiger partial charge in [-0.1, -0.05) is 26.0 Å². The van der Waals surface area contributed by atoms with Crippen LogP contribution in [-0.4, -0.2) is 56.2 Å². The molecule has 0 aromatic heterocycles. The third-order valence-electron chi connectivity index (χ3n) is 6.00. The third kappa shape index (κ3) is 4.66. The van der Waals surface area contributed by atoms with Gasteiger partial charge in [0, 0.05) is 31.9 Å². The van der Waals surface area contributed by atoms with Gasteiger partial charge in [0.05, 0.1) is 5.75 Å². The summed E-state index contributed by atoms with van der Waals surface area (Å²) in [5.74, 6) is 0.317. The van der Waals surface area contributed by atoms with E-state index >= 15 is 0 Å². The molecule has 3 rings (SSSR count). The van der Waals surface area contributed by atoms with Crippen molar-refractivity contribution in [2.24, 2.45) is 11.3 Å². The Balaban J connectivity index is 1.60. The van der Waals surface area contributed by atoms with Gasteiger partial charge in [0.15, 0.2) is 0 Å². The van der Waals surface area contributed by atoms with Crippen molar-refractivity contribution in [2.75, 3.05) is 36.8 Å². The number of piperidine rings is 1. The molecule has 1 atom stereocenters. The number of hydrogen-bond acceptors (Lipinski definition) is 4. The lowest BCUT2D eigenvalue weighted by atomic mass is 9.78. The molecule has 8 heteroatoms. The van der Waals surface area contributed by atoms with Gasteiger partial charge < -0.3 is 10.0 Å². The molecule has 2 aliphatic heterocycles. The van der Waals surface area contributed by atoms with E-state index in [-0.39, 0.29) is 22.6 Å². The summed E-state index contributed by atoms with van der Waals surface area (Å²) in [6.07, 6.45) is -1.84. The summed E-state index contributed by atoms with van der Waals surface area (Å²) < 4.78 is 51.8. The predicted molar refractivity (Wildman–Crippen MR) is 106 cm³/mol. The minimum absolute atomic E-state index is 0.116. The third-order valence-corrected chi connectivity index (χ3v) is 8.24. The van der Waals surface area contributed by atoms with Crippen molar-refractivity contribution in [2.45, 2.75) is 45.6 Å². The lowest BCUT2D eigenvalue weighted by Crippen LogP contribution is -2.45. The van der Waals surface area contributed by atoms with Crippen LogP contribution in [0.4, 0.5) is 14.5 Å². The number of aliphatic hydroxyl groups excluding tert-OH is 1. The first kappa shape index (κ1) is 21.5. The van der Waals surface area contributed by atoms with Crippen LogP contribution >= 0.6 is 0 Å². The first-order chi connectivity index (χ1) is 13.1. The monoisotopic (exact) mass is 416 g/mol. The Labute approximate surface area is 166 Å². The number of anilines is 1. The highest BCUT2D eigenvalue weighted by Crippen LogP contribution is 2.42. The smallest absolute Gasteiger partial charge is 0.268 e. The number of benzene rings is 1. The molecule has 2 aliphatic rings. The number of halogens is 2. The Kier molecular flexibility index (Phi) is 6.32. The molecule has 1 aromatic rings. The highest BCUT2D eigenvalue weighted by atomic mass is 32.2. The van der Waals surface area contributed by atoms with Crippen molar-refractivity contribution in [1.29, 1.82) is 0 Å². The molecular weight excluding hydrogens is 386 g/mol. The van der Waals surface area contributed by atoms with Crippen LogP contribution in [0.2, 0.25) is 0 Å². The van der Waals surface area contributed by atoms with Crippen LogP contribution in [0.1, 0.15) is 44.8 Å². The zero-order valence-corrected chi connectivity index (χ0v) is 17.3. The van der Waals surface area contributed by atoms with Crippen LogP contribution in [0.15, 0.2) is 24.3 Å². The topological polar surface area (TPSA) is 60.9 Å². The van der Waals surface area contributed by atoms with E-state index in [1.807, 2.05) is 13.8 Å². The van der Waals surface area contributed by atoms with Crippen molar-refractivity contribution in [1.82, 2.24) is 4.31 Å². The molecule has 2 saturated heterocycles. The Morgan fingerprint density at radius 1 is 1.07 bits per heavy atom. The molecule has 1 spiro atoms. The van der Waals surface area contributed by atoms with Crippen molar-refractivity contribution in [3.05, 3.63) is 29.8 Å². The fourth-order valence-corrected chi connectivity index (χ4v) is 6.15. The summed E-state index contributed by atoms with van der Waals surface area (Å²) >= 11 is 0. The number of sulfonamides is 1. The lowest BCUT2D eigenvalue weighted by molar-refractivity contribution is -0.00577. The summed E-state index contributed by atoms with van der Waals surface area (Å²) in [7, 11) is -3.18. The maximum Gasteiger partial charge on any atom is 0.268 e. The molecule has 0 saturated carbocycles. The summed E-state index contributed by atoms with van der Waals surface area (Å²) in [5, 5.41) is 9.48. The van der Waals surface area contributed by atoms with E-state index in [9.17, 15) is 22.3 Å². The number of hydrogen-bond donors (Lipinski definition) is 1. The summed E-state index contributed by atoms with van der Waals surface area (Å²) in [6, 6.07) is 6.67. The standard InChI is InChI=1S/C20H30F2N2O3S/c1-15(2)13-28(26,27)24-11-8-20(9-12-24)7-10-23(14-20)17-5-3-16(4-6-17)18(25)19(21)22/h3-6,15,18-19,25H,7-14H2,1-2H3. The van der Waals surface area contributed by atoms with Gasteiger partial charge in [-0.15, -0.1) is 0 Å². The predicted octanol–water partition coefficient (Wildman–Crippen LogP) is 3.26. The SMILES string of the molecule is CC(C)CS(=O)(=O)N1CCC2(CCN(c3ccc(C(O)C(F)F)cc3)C2)CC1. The van der Waals surface area contributed by atoms with Gasteiger partial charge in [-0.2, -0.15) is 0 Å². The molecule has 2 fully saturated rings.